The van der Waals surface area contributed by atoms with Crippen molar-refractivity contribution in [3.05, 3.63) is 23.8 Å². The van der Waals surface area contributed by atoms with Crippen LogP contribution in [0.25, 0.3) is 6.08 Å². The quantitative estimate of drug-likeness (QED) is 0.547. The predicted octanol–water partition coefficient (Wildman–Crippen LogP) is 1.37. The molecule has 0 atom stereocenters. The van der Waals surface area contributed by atoms with Crippen LogP contribution in [-0.2, 0) is 7.05 Å². The number of imidazole rings is 1. The SMILES string of the molecule is C#C/C=C\c1ncn(C)c1C. The molecule has 0 bridgehead atoms. The minimum absolute atomic E-state index is 0.936. The molecule has 0 unspecified atom stereocenters. The maximum Gasteiger partial charge on any atom is 0.0953 e. The Hall–Kier alpha value is -1.49. The lowest BCUT2D eigenvalue weighted by molar-refractivity contribution is 0.873. The third kappa shape index (κ3) is 1.50. The van der Waals surface area contributed by atoms with Crippen LogP contribution in [-0.4, -0.2) is 9.55 Å². The molecule has 0 N–H and O–H groups in total. The molecule has 2 nitrogen and oxygen atoms in total. The van der Waals surface area contributed by atoms with Crippen LogP contribution in [0.4, 0.5) is 0 Å². The molecule has 11 heavy (non-hydrogen) atoms. The van der Waals surface area contributed by atoms with Crippen LogP contribution in [0.2, 0.25) is 0 Å². The van der Waals surface area contributed by atoms with Gasteiger partial charge in [0.25, 0.3) is 0 Å². The normalized spacial score (nSPS) is 10.3. The Kier molecular flexibility index (Phi) is 2.12. The Morgan fingerprint density at radius 1 is 1.73 bits per heavy atom. The molecule has 0 aliphatic carbocycles. The first-order valence-corrected chi connectivity index (χ1v) is 3.36. The van der Waals surface area contributed by atoms with E-state index in [2.05, 4.69) is 10.9 Å². The number of hydrogen-bond donors (Lipinski definition) is 0. The molecule has 1 aromatic rings. The first kappa shape index (κ1) is 7.62. The molecule has 0 radical (unpaired) electrons. The second-order valence-electron chi connectivity index (χ2n) is 2.33. The fourth-order valence-electron chi connectivity index (χ4n) is 0.800. The molecule has 0 aliphatic heterocycles. The number of nitrogens with zero attached hydrogens (tertiary/aromatic N) is 2. The smallest absolute Gasteiger partial charge is 0.0953 e. The highest BCUT2D eigenvalue weighted by Crippen LogP contribution is 2.05. The largest absolute Gasteiger partial charge is 0.337 e. The van der Waals surface area contributed by atoms with Crippen molar-refractivity contribution in [3.63, 3.8) is 0 Å². The summed E-state index contributed by atoms with van der Waals surface area (Å²) in [5.74, 6) is 2.42. The van der Waals surface area contributed by atoms with Crippen molar-refractivity contribution in [3.8, 4) is 12.3 Å². The van der Waals surface area contributed by atoms with E-state index < -0.39 is 0 Å². The lowest BCUT2D eigenvalue weighted by atomic mass is 10.3. The van der Waals surface area contributed by atoms with E-state index >= 15 is 0 Å². The highest BCUT2D eigenvalue weighted by molar-refractivity contribution is 5.50. The second kappa shape index (κ2) is 3.07. The van der Waals surface area contributed by atoms with E-state index in [1.165, 1.54) is 0 Å². The summed E-state index contributed by atoms with van der Waals surface area (Å²) in [5, 5.41) is 0. The van der Waals surface area contributed by atoms with Crippen molar-refractivity contribution < 1.29 is 0 Å². The summed E-state index contributed by atoms with van der Waals surface area (Å²) in [4.78, 5) is 4.13. The minimum atomic E-state index is 0.936. The first-order valence-electron chi connectivity index (χ1n) is 3.36. The van der Waals surface area contributed by atoms with Crippen molar-refractivity contribution in [2.24, 2.45) is 7.05 Å². The van der Waals surface area contributed by atoms with Crippen molar-refractivity contribution in [1.29, 1.82) is 0 Å². The van der Waals surface area contributed by atoms with E-state index in [1.807, 2.05) is 24.6 Å². The number of rotatable bonds is 1. The summed E-state index contributed by atoms with van der Waals surface area (Å²) in [7, 11) is 1.95. The molecule has 1 rings (SSSR count). The number of terminal acetylenes is 1. The first-order chi connectivity index (χ1) is 5.25. The van der Waals surface area contributed by atoms with Gasteiger partial charge in [-0.3, -0.25) is 0 Å². The Morgan fingerprint density at radius 2 is 2.45 bits per heavy atom. The lowest BCUT2D eigenvalue weighted by Crippen LogP contribution is -1.87. The number of aryl methyl sites for hydroxylation is 1. The van der Waals surface area contributed by atoms with E-state index in [0.29, 0.717) is 0 Å². The molecule has 0 spiro atoms. The Morgan fingerprint density at radius 3 is 2.91 bits per heavy atom. The van der Waals surface area contributed by atoms with E-state index in [4.69, 9.17) is 6.42 Å². The van der Waals surface area contributed by atoms with Crippen molar-refractivity contribution in [2.75, 3.05) is 0 Å². The number of hydrogen-bond acceptors (Lipinski definition) is 1. The average molecular weight is 146 g/mol. The van der Waals surface area contributed by atoms with E-state index in [9.17, 15) is 0 Å². The molecule has 0 saturated heterocycles. The van der Waals surface area contributed by atoms with E-state index in [0.717, 1.165) is 11.4 Å². The molecule has 0 fully saturated rings. The summed E-state index contributed by atoms with van der Waals surface area (Å²) in [5.41, 5.74) is 2.06. The maximum atomic E-state index is 5.06. The third-order valence-corrected chi connectivity index (χ3v) is 1.61. The average Bonchev–Trinajstić information content (AvgIpc) is 2.31. The van der Waals surface area contributed by atoms with Gasteiger partial charge in [-0.05, 0) is 19.1 Å². The van der Waals surface area contributed by atoms with E-state index in [1.54, 1.807) is 12.4 Å². The highest BCUT2D eigenvalue weighted by Gasteiger charge is 1.97. The molecule has 0 aromatic carbocycles. The summed E-state index contributed by atoms with van der Waals surface area (Å²) >= 11 is 0. The fraction of sp³-hybridized carbons (Fsp3) is 0.222. The summed E-state index contributed by atoms with van der Waals surface area (Å²) < 4.78 is 1.95. The molecule has 0 aliphatic rings. The van der Waals surface area contributed by atoms with Gasteiger partial charge in [0.2, 0.25) is 0 Å². The van der Waals surface area contributed by atoms with Gasteiger partial charge in [0.1, 0.15) is 0 Å². The van der Waals surface area contributed by atoms with Crippen LogP contribution in [0.15, 0.2) is 12.4 Å². The van der Waals surface area contributed by atoms with E-state index in [-0.39, 0.29) is 0 Å². The van der Waals surface area contributed by atoms with Crippen LogP contribution >= 0.6 is 0 Å². The van der Waals surface area contributed by atoms with Crippen LogP contribution in [0.5, 0.6) is 0 Å². The molecular formula is C9H10N2. The second-order valence-corrected chi connectivity index (χ2v) is 2.33. The van der Waals surface area contributed by atoms with Crippen molar-refractivity contribution >= 4 is 6.08 Å². The fourth-order valence-corrected chi connectivity index (χ4v) is 0.800. The van der Waals surface area contributed by atoms with Gasteiger partial charge in [-0.1, -0.05) is 5.92 Å². The zero-order valence-corrected chi connectivity index (χ0v) is 6.70. The molecule has 1 heterocycles. The van der Waals surface area contributed by atoms with Crippen LogP contribution in [0.3, 0.4) is 0 Å². The van der Waals surface area contributed by atoms with Gasteiger partial charge < -0.3 is 4.57 Å². The third-order valence-electron chi connectivity index (χ3n) is 1.61. The summed E-state index contributed by atoms with van der Waals surface area (Å²) in [6.07, 6.45) is 10.3. The maximum absolute atomic E-state index is 5.06. The van der Waals surface area contributed by atoms with Gasteiger partial charge in [-0.2, -0.15) is 0 Å². The van der Waals surface area contributed by atoms with Crippen LogP contribution in [0.1, 0.15) is 11.4 Å². The van der Waals surface area contributed by atoms with Gasteiger partial charge >= 0.3 is 0 Å². The van der Waals surface area contributed by atoms with Gasteiger partial charge in [0, 0.05) is 12.7 Å². The van der Waals surface area contributed by atoms with Crippen LogP contribution < -0.4 is 0 Å². The summed E-state index contributed by atoms with van der Waals surface area (Å²) in [6.45, 7) is 2.00. The molecule has 1 aromatic heterocycles. The molecule has 56 valence electrons. The van der Waals surface area contributed by atoms with Crippen molar-refractivity contribution in [2.45, 2.75) is 6.92 Å². The highest BCUT2D eigenvalue weighted by atomic mass is 15.0. The zero-order valence-electron chi connectivity index (χ0n) is 6.70. The molecule has 0 saturated carbocycles. The molecular weight excluding hydrogens is 136 g/mol. The topological polar surface area (TPSA) is 17.8 Å². The predicted molar refractivity (Wildman–Crippen MR) is 45.8 cm³/mol. The van der Waals surface area contributed by atoms with Gasteiger partial charge in [-0.15, -0.1) is 6.42 Å². The van der Waals surface area contributed by atoms with Gasteiger partial charge in [0.15, 0.2) is 0 Å². The lowest BCUT2D eigenvalue weighted by Gasteiger charge is -1.92. The Balaban J connectivity index is 2.98. The van der Waals surface area contributed by atoms with Gasteiger partial charge in [-0.25, -0.2) is 4.98 Å². The standard InChI is InChI=1S/C9H10N2/c1-4-5-6-9-8(2)11(3)7-10-9/h1,5-7H,2-3H3/b6-5-. The monoisotopic (exact) mass is 146 g/mol. The molecule has 2 heteroatoms. The Labute approximate surface area is 66.6 Å². The number of aromatic nitrogens is 2. The summed E-state index contributed by atoms with van der Waals surface area (Å²) in [6, 6.07) is 0. The van der Waals surface area contributed by atoms with Crippen molar-refractivity contribution in [1.82, 2.24) is 9.55 Å². The number of allylic oxidation sites excluding steroid dienone is 1. The van der Waals surface area contributed by atoms with Gasteiger partial charge in [0.05, 0.1) is 12.0 Å². The molecule has 0 amide bonds. The zero-order chi connectivity index (χ0) is 8.27. The minimum Gasteiger partial charge on any atom is -0.337 e. The van der Waals surface area contributed by atoms with Crippen LogP contribution in [0, 0.1) is 19.3 Å². The Bertz CT molecular complexity index is 313.